The first-order valence-electron chi connectivity index (χ1n) is 7.16. The van der Waals surface area contributed by atoms with Crippen LogP contribution in [0.4, 0.5) is 0 Å². The minimum absolute atomic E-state index is 0.187. The molecule has 1 fully saturated rings. The number of amides is 2. The van der Waals surface area contributed by atoms with Crippen molar-refractivity contribution in [2.75, 3.05) is 0 Å². The van der Waals surface area contributed by atoms with Gasteiger partial charge in [-0.15, -0.1) is 0 Å². The SMILES string of the molecule is O=C1CCC(c2nn3c4c(c(Br)ccc24)CCC3)C(=O)N1. The Kier molecular flexibility index (Phi) is 2.89. The first-order chi connectivity index (χ1) is 10.1. The molecule has 1 N–H and O–H groups in total. The number of imide groups is 1. The summed E-state index contributed by atoms with van der Waals surface area (Å²) in [7, 11) is 0. The van der Waals surface area contributed by atoms with Crippen molar-refractivity contribution in [2.24, 2.45) is 0 Å². The van der Waals surface area contributed by atoms with Crippen molar-refractivity contribution in [1.29, 1.82) is 0 Å². The fourth-order valence-electron chi connectivity index (χ4n) is 3.36. The molecule has 0 bridgehead atoms. The fourth-order valence-corrected chi connectivity index (χ4v) is 3.88. The van der Waals surface area contributed by atoms with E-state index >= 15 is 0 Å². The number of hydrogen-bond donors (Lipinski definition) is 1. The molecule has 1 aromatic heterocycles. The second-order valence-corrected chi connectivity index (χ2v) is 6.49. The molecule has 3 heterocycles. The average molecular weight is 348 g/mol. The molecule has 0 aliphatic carbocycles. The van der Waals surface area contributed by atoms with Gasteiger partial charge >= 0.3 is 0 Å². The maximum atomic E-state index is 12.1. The Bertz CT molecular complexity index is 781. The lowest BCUT2D eigenvalue weighted by molar-refractivity contribution is -0.134. The van der Waals surface area contributed by atoms with Crippen LogP contribution in [0, 0.1) is 0 Å². The second kappa shape index (κ2) is 4.66. The van der Waals surface area contributed by atoms with E-state index in [4.69, 9.17) is 0 Å². The molecular formula is C15H14BrN3O2. The fraction of sp³-hybridized carbons (Fsp3) is 0.400. The maximum Gasteiger partial charge on any atom is 0.235 e. The maximum absolute atomic E-state index is 12.1. The third-order valence-electron chi connectivity index (χ3n) is 4.35. The van der Waals surface area contributed by atoms with Gasteiger partial charge in [-0.3, -0.25) is 19.6 Å². The Morgan fingerprint density at radius 2 is 2.14 bits per heavy atom. The number of piperidine rings is 1. The summed E-state index contributed by atoms with van der Waals surface area (Å²) in [6.45, 7) is 0.882. The Labute approximate surface area is 129 Å². The van der Waals surface area contributed by atoms with Crippen molar-refractivity contribution in [2.45, 2.75) is 38.1 Å². The topological polar surface area (TPSA) is 64.0 Å². The van der Waals surface area contributed by atoms with Crippen LogP contribution in [0.3, 0.4) is 0 Å². The van der Waals surface area contributed by atoms with Gasteiger partial charge in [-0.2, -0.15) is 5.10 Å². The number of carbonyl (C=O) groups is 2. The Hall–Kier alpha value is -1.69. The normalized spacial score (nSPS) is 21.7. The van der Waals surface area contributed by atoms with Crippen LogP contribution in [0.2, 0.25) is 0 Å². The number of benzene rings is 1. The van der Waals surface area contributed by atoms with E-state index in [9.17, 15) is 9.59 Å². The van der Waals surface area contributed by atoms with Crippen LogP contribution in [-0.4, -0.2) is 21.6 Å². The molecule has 1 saturated heterocycles. The van der Waals surface area contributed by atoms with Crippen molar-refractivity contribution >= 4 is 38.6 Å². The van der Waals surface area contributed by atoms with Crippen LogP contribution in [0.5, 0.6) is 0 Å². The summed E-state index contributed by atoms with van der Waals surface area (Å²) in [6.07, 6.45) is 3.01. The molecule has 2 amide bonds. The van der Waals surface area contributed by atoms with Gasteiger partial charge in [0.1, 0.15) is 0 Å². The molecule has 2 aliphatic rings. The van der Waals surface area contributed by atoms with Gasteiger partial charge in [0.2, 0.25) is 11.8 Å². The van der Waals surface area contributed by atoms with Crippen LogP contribution >= 0.6 is 15.9 Å². The molecule has 0 saturated carbocycles. The molecule has 5 nitrogen and oxygen atoms in total. The quantitative estimate of drug-likeness (QED) is 0.804. The van der Waals surface area contributed by atoms with Gasteiger partial charge in [0, 0.05) is 22.8 Å². The molecule has 108 valence electrons. The molecule has 0 radical (unpaired) electrons. The van der Waals surface area contributed by atoms with Gasteiger partial charge in [-0.25, -0.2) is 0 Å². The first kappa shape index (κ1) is 13.0. The number of rotatable bonds is 1. The van der Waals surface area contributed by atoms with Crippen molar-refractivity contribution in [3.8, 4) is 0 Å². The van der Waals surface area contributed by atoms with Crippen molar-refractivity contribution < 1.29 is 9.59 Å². The minimum Gasteiger partial charge on any atom is -0.296 e. The lowest BCUT2D eigenvalue weighted by Crippen LogP contribution is -2.39. The summed E-state index contributed by atoms with van der Waals surface area (Å²) in [5.74, 6) is -0.729. The van der Waals surface area contributed by atoms with E-state index in [1.807, 2.05) is 16.8 Å². The Morgan fingerprint density at radius 1 is 1.29 bits per heavy atom. The highest BCUT2D eigenvalue weighted by atomic mass is 79.9. The molecule has 2 aliphatic heterocycles. The van der Waals surface area contributed by atoms with Gasteiger partial charge in [-0.1, -0.05) is 15.9 Å². The van der Waals surface area contributed by atoms with E-state index in [0.29, 0.717) is 12.8 Å². The summed E-state index contributed by atoms with van der Waals surface area (Å²) in [4.78, 5) is 23.4. The Morgan fingerprint density at radius 3 is 2.95 bits per heavy atom. The van der Waals surface area contributed by atoms with Gasteiger partial charge < -0.3 is 0 Å². The summed E-state index contributed by atoms with van der Waals surface area (Å²) in [6, 6.07) is 4.06. The number of aromatic nitrogens is 2. The standard InChI is InChI=1S/C15H14BrN3O2/c16-11-5-3-9-13(10-4-6-12(20)17-15(10)21)18-19-7-1-2-8(11)14(9)19/h3,5,10H,1-2,4,6-7H2,(H,17,20,21). The summed E-state index contributed by atoms with van der Waals surface area (Å²) in [5, 5.41) is 8.15. The largest absolute Gasteiger partial charge is 0.296 e. The van der Waals surface area contributed by atoms with E-state index in [0.717, 1.165) is 40.5 Å². The minimum atomic E-state index is -0.321. The number of nitrogens with zero attached hydrogens (tertiary/aromatic N) is 2. The molecule has 1 unspecified atom stereocenters. The molecule has 21 heavy (non-hydrogen) atoms. The highest BCUT2D eigenvalue weighted by Gasteiger charge is 2.32. The monoisotopic (exact) mass is 347 g/mol. The van der Waals surface area contributed by atoms with Crippen molar-refractivity contribution in [1.82, 2.24) is 15.1 Å². The lowest BCUT2D eigenvalue weighted by Gasteiger charge is -2.19. The number of carbonyl (C=O) groups excluding carboxylic acids is 2. The molecule has 0 spiro atoms. The third-order valence-corrected chi connectivity index (χ3v) is 5.10. The molecule has 4 rings (SSSR count). The molecule has 6 heteroatoms. The van der Waals surface area contributed by atoms with Gasteiger partial charge in [0.05, 0.1) is 17.1 Å². The smallest absolute Gasteiger partial charge is 0.235 e. The zero-order chi connectivity index (χ0) is 14.6. The molecule has 1 aromatic carbocycles. The number of hydrogen-bond acceptors (Lipinski definition) is 3. The second-order valence-electron chi connectivity index (χ2n) is 5.64. The summed E-state index contributed by atoms with van der Waals surface area (Å²) in [5.41, 5.74) is 3.21. The number of nitrogens with one attached hydrogen (secondary N) is 1. The van der Waals surface area contributed by atoms with Crippen LogP contribution in [-0.2, 0) is 22.6 Å². The van der Waals surface area contributed by atoms with Crippen LogP contribution < -0.4 is 5.32 Å². The van der Waals surface area contributed by atoms with E-state index in [-0.39, 0.29) is 17.7 Å². The van der Waals surface area contributed by atoms with Crippen molar-refractivity contribution in [3.63, 3.8) is 0 Å². The van der Waals surface area contributed by atoms with Gasteiger partial charge in [0.15, 0.2) is 0 Å². The zero-order valence-electron chi connectivity index (χ0n) is 11.4. The lowest BCUT2D eigenvalue weighted by atomic mass is 9.92. The number of halogens is 1. The van der Waals surface area contributed by atoms with Crippen LogP contribution in [0.15, 0.2) is 16.6 Å². The zero-order valence-corrected chi connectivity index (χ0v) is 12.9. The molecule has 1 atom stereocenters. The van der Waals surface area contributed by atoms with E-state index in [1.54, 1.807) is 0 Å². The average Bonchev–Trinajstić information content (AvgIpc) is 2.83. The molecular weight excluding hydrogens is 334 g/mol. The van der Waals surface area contributed by atoms with Crippen molar-refractivity contribution in [3.05, 3.63) is 27.9 Å². The predicted molar refractivity (Wildman–Crippen MR) is 80.9 cm³/mol. The summed E-state index contributed by atoms with van der Waals surface area (Å²) >= 11 is 3.61. The summed E-state index contributed by atoms with van der Waals surface area (Å²) < 4.78 is 3.11. The predicted octanol–water partition coefficient (Wildman–Crippen LogP) is 2.27. The Balaban J connectivity index is 1.89. The number of aryl methyl sites for hydroxylation is 2. The van der Waals surface area contributed by atoms with Gasteiger partial charge in [-0.05, 0) is 37.0 Å². The van der Waals surface area contributed by atoms with E-state index in [2.05, 4.69) is 26.3 Å². The van der Waals surface area contributed by atoms with E-state index in [1.165, 1.54) is 5.56 Å². The van der Waals surface area contributed by atoms with Crippen LogP contribution in [0.25, 0.3) is 10.9 Å². The van der Waals surface area contributed by atoms with E-state index < -0.39 is 0 Å². The first-order valence-corrected chi connectivity index (χ1v) is 7.96. The van der Waals surface area contributed by atoms with Crippen LogP contribution in [0.1, 0.15) is 36.4 Å². The van der Waals surface area contributed by atoms with Gasteiger partial charge in [0.25, 0.3) is 0 Å². The highest BCUT2D eigenvalue weighted by Crippen LogP contribution is 2.36. The third kappa shape index (κ3) is 1.92. The molecule has 2 aromatic rings. The highest BCUT2D eigenvalue weighted by molar-refractivity contribution is 9.10.